The minimum Gasteiger partial charge on any atom is -0.396 e. The van der Waals surface area contributed by atoms with Crippen LogP contribution in [0.25, 0.3) is 6.08 Å². The maximum atomic E-state index is 13.2. The van der Waals surface area contributed by atoms with Gasteiger partial charge in [-0.1, -0.05) is 24.8 Å². The van der Waals surface area contributed by atoms with Gasteiger partial charge >= 0.3 is 0 Å². The Hall–Kier alpha value is -1.15. The number of aliphatic hydroxyl groups is 1. The molecule has 1 aromatic rings. The Morgan fingerprint density at radius 1 is 1.54 bits per heavy atom. The number of rotatable bonds is 3. The zero-order valence-corrected chi connectivity index (χ0v) is 7.33. The minimum absolute atomic E-state index is 0.0930. The molecule has 1 atom stereocenters. The van der Waals surface area contributed by atoms with Gasteiger partial charge in [0.1, 0.15) is 5.82 Å². The van der Waals surface area contributed by atoms with Crippen molar-refractivity contribution in [3.05, 3.63) is 48.6 Å². The number of halogens is 1. The molecule has 0 heterocycles. The van der Waals surface area contributed by atoms with Gasteiger partial charge in [-0.15, -0.1) is 0 Å². The van der Waals surface area contributed by atoms with Crippen molar-refractivity contribution >= 4 is 6.08 Å². The van der Waals surface area contributed by atoms with Crippen LogP contribution in [0.1, 0.15) is 17.0 Å². The van der Waals surface area contributed by atoms with Crippen molar-refractivity contribution in [3.63, 3.8) is 0 Å². The summed E-state index contributed by atoms with van der Waals surface area (Å²) in [6.45, 7) is 7.14. The highest BCUT2D eigenvalue weighted by atomic mass is 19.1. The molecule has 0 aliphatic carbocycles. The van der Waals surface area contributed by atoms with Crippen LogP contribution in [0.3, 0.4) is 0 Å². The molecule has 0 aromatic heterocycles. The topological polar surface area (TPSA) is 20.2 Å². The average Bonchev–Trinajstić information content (AvgIpc) is 2.16. The molecule has 1 unspecified atom stereocenters. The normalized spacial score (nSPS) is 12.5. The molecule has 1 N–H and O–H groups in total. The maximum Gasteiger partial charge on any atom is 0.130 e. The van der Waals surface area contributed by atoms with Crippen molar-refractivity contribution in [2.75, 3.05) is 6.61 Å². The average molecular weight is 179 g/mol. The van der Waals surface area contributed by atoms with E-state index in [2.05, 4.69) is 13.5 Å². The van der Waals surface area contributed by atoms with E-state index in [4.69, 9.17) is 5.11 Å². The Kier molecular flexibility index (Phi) is 3.20. The third kappa shape index (κ3) is 1.95. The number of hydrogen-bond acceptors (Lipinski definition) is 1. The van der Waals surface area contributed by atoms with E-state index in [1.807, 2.05) is 0 Å². The highest BCUT2D eigenvalue weighted by Crippen LogP contribution is 2.22. The molecule has 0 bridgehead atoms. The summed E-state index contributed by atoms with van der Waals surface area (Å²) in [6, 6.07) is 4.71. The van der Waals surface area contributed by atoms with Crippen LogP contribution in [0.15, 0.2) is 24.8 Å². The fourth-order valence-electron chi connectivity index (χ4n) is 1.22. The van der Waals surface area contributed by atoms with Crippen molar-refractivity contribution in [2.24, 2.45) is 0 Å². The van der Waals surface area contributed by atoms with Crippen molar-refractivity contribution < 1.29 is 9.50 Å². The molecule has 0 amide bonds. The molecule has 0 saturated heterocycles. The van der Waals surface area contributed by atoms with Crippen molar-refractivity contribution in [3.8, 4) is 0 Å². The summed E-state index contributed by atoms with van der Waals surface area (Å²) >= 11 is 0. The molecule has 0 saturated carbocycles. The second-order valence-corrected chi connectivity index (χ2v) is 2.83. The van der Waals surface area contributed by atoms with Gasteiger partial charge in [-0.05, 0) is 18.6 Å². The molecule has 0 aliphatic heterocycles. The molecule has 69 valence electrons. The van der Waals surface area contributed by atoms with E-state index in [9.17, 15) is 4.39 Å². The number of hydrogen-bond donors (Lipinski definition) is 1. The molecule has 0 spiro atoms. The fraction of sp³-hybridized carbons (Fsp3) is 0.182. The second-order valence-electron chi connectivity index (χ2n) is 2.83. The number of benzene rings is 1. The third-order valence-corrected chi connectivity index (χ3v) is 1.95. The molecular formula is C11H12FO. The highest BCUT2D eigenvalue weighted by Gasteiger charge is 2.10. The predicted molar refractivity (Wildman–Crippen MR) is 51.7 cm³/mol. The third-order valence-electron chi connectivity index (χ3n) is 1.95. The molecule has 1 nitrogen and oxygen atoms in total. The highest BCUT2D eigenvalue weighted by molar-refractivity contribution is 5.54. The van der Waals surface area contributed by atoms with Gasteiger partial charge in [-0.2, -0.15) is 0 Å². The van der Waals surface area contributed by atoms with E-state index in [1.165, 1.54) is 12.1 Å². The van der Waals surface area contributed by atoms with Crippen LogP contribution < -0.4 is 0 Å². The smallest absolute Gasteiger partial charge is 0.130 e. The molecule has 1 radical (unpaired) electrons. The van der Waals surface area contributed by atoms with Gasteiger partial charge in [0.2, 0.25) is 0 Å². The maximum absolute atomic E-state index is 13.2. The summed E-state index contributed by atoms with van der Waals surface area (Å²) in [6.07, 6.45) is 1.44. The number of aliphatic hydroxyl groups excluding tert-OH is 1. The van der Waals surface area contributed by atoms with Crippen LogP contribution in [-0.2, 0) is 0 Å². The van der Waals surface area contributed by atoms with Crippen LogP contribution in [-0.4, -0.2) is 11.7 Å². The van der Waals surface area contributed by atoms with Crippen LogP contribution >= 0.6 is 0 Å². The first-order valence-corrected chi connectivity index (χ1v) is 4.05. The van der Waals surface area contributed by atoms with Crippen LogP contribution in [0.5, 0.6) is 0 Å². The monoisotopic (exact) mass is 179 g/mol. The van der Waals surface area contributed by atoms with Gasteiger partial charge < -0.3 is 5.11 Å². The Morgan fingerprint density at radius 3 is 2.77 bits per heavy atom. The predicted octanol–water partition coefficient (Wildman–Crippen LogP) is 2.38. The van der Waals surface area contributed by atoms with Crippen molar-refractivity contribution in [2.45, 2.75) is 5.92 Å². The van der Waals surface area contributed by atoms with E-state index in [0.717, 1.165) is 0 Å². The largest absolute Gasteiger partial charge is 0.396 e. The van der Waals surface area contributed by atoms with E-state index < -0.39 is 0 Å². The summed E-state index contributed by atoms with van der Waals surface area (Å²) in [5.41, 5.74) is 1.12. The van der Waals surface area contributed by atoms with Gasteiger partial charge in [0.05, 0.1) is 0 Å². The molecule has 2 heteroatoms. The zero-order chi connectivity index (χ0) is 9.84. The summed E-state index contributed by atoms with van der Waals surface area (Å²) in [5, 5.41) is 8.88. The molecule has 0 aliphatic rings. The first-order chi connectivity index (χ1) is 6.20. The Balaban J connectivity index is 3.19. The summed E-state index contributed by atoms with van der Waals surface area (Å²) < 4.78 is 13.2. The van der Waals surface area contributed by atoms with Crippen molar-refractivity contribution in [1.82, 2.24) is 0 Å². The fourth-order valence-corrected chi connectivity index (χ4v) is 1.22. The SMILES string of the molecule is [CH2]C(CO)c1cccc(F)c1C=C. The van der Waals surface area contributed by atoms with Gasteiger partial charge in [-0.25, -0.2) is 4.39 Å². The van der Waals surface area contributed by atoms with E-state index >= 15 is 0 Å². The van der Waals surface area contributed by atoms with E-state index in [0.29, 0.717) is 11.1 Å². The first kappa shape index (κ1) is 9.93. The first-order valence-electron chi connectivity index (χ1n) is 4.05. The lowest BCUT2D eigenvalue weighted by Gasteiger charge is -2.11. The molecular weight excluding hydrogens is 167 g/mol. The summed E-state index contributed by atoms with van der Waals surface area (Å²) in [7, 11) is 0. The molecule has 1 aromatic carbocycles. The van der Waals surface area contributed by atoms with Crippen molar-refractivity contribution in [1.29, 1.82) is 0 Å². The standard InChI is InChI=1S/C11H12FO/c1-3-9-10(8(2)7-13)5-4-6-11(9)12/h3-6,8,13H,1-2,7H2. The molecule has 0 fully saturated rings. The lowest BCUT2D eigenvalue weighted by molar-refractivity contribution is 0.282. The Bertz CT molecular complexity index is 307. The quantitative estimate of drug-likeness (QED) is 0.755. The van der Waals surface area contributed by atoms with E-state index in [-0.39, 0.29) is 18.3 Å². The molecule has 1 rings (SSSR count). The summed E-state index contributed by atoms with van der Waals surface area (Å²) in [4.78, 5) is 0. The van der Waals surface area contributed by atoms with Gasteiger partial charge in [0.15, 0.2) is 0 Å². The summed E-state index contributed by atoms with van der Waals surface area (Å²) in [5.74, 6) is -0.627. The lowest BCUT2D eigenvalue weighted by atomic mass is 9.96. The minimum atomic E-state index is -0.324. The van der Waals surface area contributed by atoms with Crippen LogP contribution in [0.2, 0.25) is 0 Å². The Morgan fingerprint density at radius 2 is 2.23 bits per heavy atom. The lowest BCUT2D eigenvalue weighted by Crippen LogP contribution is -2.02. The molecule has 13 heavy (non-hydrogen) atoms. The van der Waals surface area contributed by atoms with E-state index in [1.54, 1.807) is 12.1 Å². The Labute approximate surface area is 77.5 Å². The van der Waals surface area contributed by atoms with Gasteiger partial charge in [0.25, 0.3) is 0 Å². The van der Waals surface area contributed by atoms with Crippen LogP contribution in [0, 0.1) is 12.7 Å². The van der Waals surface area contributed by atoms with Gasteiger partial charge in [-0.3, -0.25) is 0 Å². The zero-order valence-electron chi connectivity index (χ0n) is 7.33. The van der Waals surface area contributed by atoms with Gasteiger partial charge in [0, 0.05) is 18.1 Å². The van der Waals surface area contributed by atoms with Crippen LogP contribution in [0.4, 0.5) is 4.39 Å². The second kappa shape index (κ2) is 4.19.